The van der Waals surface area contributed by atoms with Crippen molar-refractivity contribution < 1.29 is 30.0 Å². The van der Waals surface area contributed by atoms with Gasteiger partial charge in [0.1, 0.15) is 24.4 Å². The average molecular weight is 397 g/mol. The zero-order valence-electron chi connectivity index (χ0n) is 16.9. The van der Waals surface area contributed by atoms with E-state index >= 15 is 0 Å². The normalized spacial score (nSPS) is 15.8. The first-order valence-corrected chi connectivity index (χ1v) is 10.3. The summed E-state index contributed by atoms with van der Waals surface area (Å²) in [4.78, 5) is 12.0. The Balaban J connectivity index is 2.25. The van der Waals surface area contributed by atoms with Gasteiger partial charge in [-0.3, -0.25) is 4.79 Å². The summed E-state index contributed by atoms with van der Waals surface area (Å²) < 4.78 is 5.33. The first-order chi connectivity index (χ1) is 13.5. The molecule has 0 saturated carbocycles. The van der Waals surface area contributed by atoms with Crippen molar-refractivity contribution in [3.05, 3.63) is 35.9 Å². The first-order valence-electron chi connectivity index (χ1n) is 10.3. The second-order valence-electron chi connectivity index (χ2n) is 7.33. The summed E-state index contributed by atoms with van der Waals surface area (Å²) in [7, 11) is 0. The molecule has 0 aromatic heterocycles. The molecule has 1 rings (SSSR count). The Kier molecular flexibility index (Phi) is 12.9. The Bertz CT molecular complexity index is 521. The van der Waals surface area contributed by atoms with Gasteiger partial charge >= 0.3 is 0 Å². The summed E-state index contributed by atoms with van der Waals surface area (Å²) >= 11 is 0. The summed E-state index contributed by atoms with van der Waals surface area (Å²) in [5.41, 5.74) is 0.912. The molecule has 6 nitrogen and oxygen atoms in total. The van der Waals surface area contributed by atoms with Gasteiger partial charge in [0.2, 0.25) is 0 Å². The highest BCUT2D eigenvalue weighted by atomic mass is 16.5. The predicted octanol–water partition coefficient (Wildman–Crippen LogP) is 2.36. The van der Waals surface area contributed by atoms with Gasteiger partial charge in [0.25, 0.3) is 0 Å². The third-order valence-corrected chi connectivity index (χ3v) is 4.82. The fourth-order valence-corrected chi connectivity index (χ4v) is 2.98. The van der Waals surface area contributed by atoms with Crippen LogP contribution in [0.25, 0.3) is 0 Å². The first kappa shape index (κ1) is 24.7. The zero-order valence-corrected chi connectivity index (χ0v) is 16.9. The smallest absolute Gasteiger partial charge is 0.164 e. The van der Waals surface area contributed by atoms with E-state index in [1.54, 1.807) is 0 Å². The maximum absolute atomic E-state index is 12.0. The summed E-state index contributed by atoms with van der Waals surface area (Å²) in [5, 5.41) is 39.9. The van der Waals surface area contributed by atoms with Crippen LogP contribution in [0.5, 0.6) is 0 Å². The van der Waals surface area contributed by atoms with Gasteiger partial charge in [-0.05, 0) is 12.0 Å². The summed E-state index contributed by atoms with van der Waals surface area (Å²) in [6.07, 6.45) is 0.973. The highest BCUT2D eigenvalue weighted by Gasteiger charge is 2.33. The highest BCUT2D eigenvalue weighted by Crippen LogP contribution is 2.13. The summed E-state index contributed by atoms with van der Waals surface area (Å²) in [6.45, 7) is 2.19. The van der Waals surface area contributed by atoms with Gasteiger partial charge in [0, 0.05) is 6.42 Å². The number of aliphatic hydroxyl groups excluding tert-OH is 4. The number of ketones is 1. The molecule has 160 valence electrons. The largest absolute Gasteiger partial charge is 0.388 e. The van der Waals surface area contributed by atoms with Crippen molar-refractivity contribution >= 4 is 5.78 Å². The van der Waals surface area contributed by atoms with Crippen LogP contribution in [0.3, 0.4) is 0 Å². The maximum Gasteiger partial charge on any atom is 0.164 e. The van der Waals surface area contributed by atoms with Crippen LogP contribution in [0.15, 0.2) is 30.3 Å². The highest BCUT2D eigenvalue weighted by molar-refractivity contribution is 5.83. The molecule has 0 aliphatic rings. The number of ether oxygens (including phenoxy) is 1. The van der Waals surface area contributed by atoms with E-state index in [1.807, 2.05) is 30.3 Å². The van der Waals surface area contributed by atoms with Crippen LogP contribution in [0, 0.1) is 0 Å². The molecule has 1 aromatic carbocycles. The summed E-state index contributed by atoms with van der Waals surface area (Å²) in [6, 6.07) is 9.33. The van der Waals surface area contributed by atoms with Crippen LogP contribution in [0.4, 0.5) is 0 Å². The second-order valence-corrected chi connectivity index (χ2v) is 7.33. The number of benzene rings is 1. The van der Waals surface area contributed by atoms with Crippen molar-refractivity contribution in [1.29, 1.82) is 0 Å². The standard InChI is InChI=1S/C22H36O6/c1-2-3-4-5-6-7-11-14-18(23)20(25)22(27)21(26)19(24)16-28-15-17-12-9-8-10-13-17/h8-10,12-13,19-22,24-27H,2-7,11,14-16H2,1H3. The minimum Gasteiger partial charge on any atom is -0.388 e. The molecule has 0 spiro atoms. The molecule has 4 atom stereocenters. The number of carbonyl (C=O) groups excluding carboxylic acids is 1. The Morgan fingerprint density at radius 1 is 0.893 bits per heavy atom. The number of hydrogen-bond donors (Lipinski definition) is 4. The Morgan fingerprint density at radius 2 is 1.50 bits per heavy atom. The monoisotopic (exact) mass is 396 g/mol. The average Bonchev–Trinajstić information content (AvgIpc) is 2.71. The molecule has 4 unspecified atom stereocenters. The van der Waals surface area contributed by atoms with Gasteiger partial charge < -0.3 is 25.2 Å². The predicted molar refractivity (Wildman–Crippen MR) is 108 cm³/mol. The molecule has 1 aromatic rings. The number of hydrogen-bond acceptors (Lipinski definition) is 6. The molecule has 6 heteroatoms. The lowest BCUT2D eigenvalue weighted by atomic mass is 9.97. The van der Waals surface area contributed by atoms with Crippen molar-refractivity contribution in [2.75, 3.05) is 6.61 Å². The maximum atomic E-state index is 12.0. The number of Topliss-reactive ketones (excluding diaryl/α,β-unsaturated/α-hetero) is 1. The van der Waals surface area contributed by atoms with E-state index < -0.39 is 30.2 Å². The number of carbonyl (C=O) groups is 1. The molecule has 0 bridgehead atoms. The fraction of sp³-hybridized carbons (Fsp3) is 0.682. The lowest BCUT2D eigenvalue weighted by molar-refractivity contribution is -0.149. The van der Waals surface area contributed by atoms with Gasteiger partial charge in [0.15, 0.2) is 5.78 Å². The molecule has 0 amide bonds. The van der Waals surface area contributed by atoms with Gasteiger partial charge in [0.05, 0.1) is 13.2 Å². The van der Waals surface area contributed by atoms with Gasteiger partial charge in [-0.25, -0.2) is 0 Å². The lowest BCUT2D eigenvalue weighted by Gasteiger charge is -2.25. The van der Waals surface area contributed by atoms with Crippen molar-refractivity contribution in [3.8, 4) is 0 Å². The SMILES string of the molecule is CCCCCCCCCC(=O)C(O)C(O)C(O)C(O)COCc1ccccc1. The van der Waals surface area contributed by atoms with Crippen LogP contribution in [0.1, 0.15) is 63.9 Å². The lowest BCUT2D eigenvalue weighted by Crippen LogP contribution is -2.48. The van der Waals surface area contributed by atoms with E-state index in [9.17, 15) is 25.2 Å². The summed E-state index contributed by atoms with van der Waals surface area (Å²) in [5.74, 6) is -0.516. The van der Waals surface area contributed by atoms with Gasteiger partial charge in [-0.1, -0.05) is 75.8 Å². The Hall–Kier alpha value is -1.31. The van der Waals surface area contributed by atoms with E-state index in [4.69, 9.17) is 4.74 Å². The van der Waals surface area contributed by atoms with Crippen LogP contribution >= 0.6 is 0 Å². The Morgan fingerprint density at radius 3 is 2.14 bits per heavy atom. The molecule has 0 aliphatic carbocycles. The van der Waals surface area contributed by atoms with Crippen LogP contribution in [-0.2, 0) is 16.1 Å². The molecule has 0 aliphatic heterocycles. The molecule has 0 radical (unpaired) electrons. The third kappa shape index (κ3) is 9.75. The molecular weight excluding hydrogens is 360 g/mol. The fourth-order valence-electron chi connectivity index (χ4n) is 2.98. The molecule has 28 heavy (non-hydrogen) atoms. The van der Waals surface area contributed by atoms with E-state index in [0.29, 0.717) is 6.42 Å². The van der Waals surface area contributed by atoms with E-state index in [1.165, 1.54) is 19.3 Å². The molecular formula is C22H36O6. The van der Waals surface area contributed by atoms with E-state index in [2.05, 4.69) is 6.92 Å². The molecule has 0 saturated heterocycles. The molecule has 4 N–H and O–H groups in total. The second kappa shape index (κ2) is 14.7. The van der Waals surface area contributed by atoms with Crippen LogP contribution in [0.2, 0.25) is 0 Å². The zero-order chi connectivity index (χ0) is 20.8. The topological polar surface area (TPSA) is 107 Å². The Labute approximate surface area is 168 Å². The quantitative estimate of drug-likeness (QED) is 0.320. The van der Waals surface area contributed by atoms with Crippen LogP contribution < -0.4 is 0 Å². The van der Waals surface area contributed by atoms with E-state index in [-0.39, 0.29) is 19.6 Å². The van der Waals surface area contributed by atoms with Gasteiger partial charge in [-0.2, -0.15) is 0 Å². The number of aliphatic hydroxyl groups is 4. The third-order valence-electron chi connectivity index (χ3n) is 4.82. The molecule has 0 fully saturated rings. The minimum absolute atomic E-state index is 0.152. The van der Waals surface area contributed by atoms with Gasteiger partial charge in [-0.15, -0.1) is 0 Å². The van der Waals surface area contributed by atoms with Crippen molar-refractivity contribution in [2.45, 2.75) is 89.3 Å². The van der Waals surface area contributed by atoms with Crippen molar-refractivity contribution in [2.24, 2.45) is 0 Å². The molecule has 0 heterocycles. The van der Waals surface area contributed by atoms with Crippen molar-refractivity contribution in [3.63, 3.8) is 0 Å². The minimum atomic E-state index is -1.74. The number of rotatable bonds is 16. The number of unbranched alkanes of at least 4 members (excludes halogenated alkanes) is 6. The van der Waals surface area contributed by atoms with Crippen LogP contribution in [-0.4, -0.2) is 57.2 Å². The van der Waals surface area contributed by atoms with Crippen molar-refractivity contribution in [1.82, 2.24) is 0 Å². The van der Waals surface area contributed by atoms with E-state index in [0.717, 1.165) is 24.8 Å².